The molecule has 0 aliphatic heterocycles. The molecule has 0 aromatic heterocycles. The van der Waals surface area contributed by atoms with Crippen LogP contribution in [0.3, 0.4) is 0 Å². The number of aryl methyl sites for hydroxylation is 10. The fourth-order valence-electron chi connectivity index (χ4n) is 13.0. The van der Waals surface area contributed by atoms with Gasteiger partial charge < -0.3 is 0 Å². The fraction of sp³-hybridized carbons (Fsp3) is 0.256. The van der Waals surface area contributed by atoms with Crippen LogP contribution < -0.4 is 0 Å². The standard InChI is InChI=1S/C78H78/c1-3-5-7-13-35-61-41-49-63(50-42-61)73-75-69(53-45-57-27-15-9-16-28-57)65-37-23-25-39-67(65)71(55-47-59-31-19-11-20-32-59)77(75)74(64-51-43-62(44-52-64)36-14-8-6-4-2)78-72(56-48-60-33-21-12-22-34-60)68-40-26-24-38-66(68)70(76(73)78)54-46-58-29-17-10-18-30-58/h9-12,15-34,37-44,49-52H,3-8,13-14,35-36,45-48,53-56H2,1-2H3. The second-order valence-electron chi connectivity index (χ2n) is 22.2. The summed E-state index contributed by atoms with van der Waals surface area (Å²) in [5.41, 5.74) is 19.7. The molecule has 0 atom stereocenters. The third-order valence-corrected chi connectivity index (χ3v) is 17.0. The Morgan fingerprint density at radius 2 is 0.449 bits per heavy atom. The molecule has 0 saturated heterocycles. The molecule has 11 rings (SSSR count). The third kappa shape index (κ3) is 11.8. The Bertz CT molecular complexity index is 3260. The molecule has 0 aliphatic carbocycles. The lowest BCUT2D eigenvalue weighted by atomic mass is 9.74. The van der Waals surface area contributed by atoms with Gasteiger partial charge in [-0.25, -0.2) is 0 Å². The van der Waals surface area contributed by atoms with Gasteiger partial charge in [-0.15, -0.1) is 0 Å². The van der Waals surface area contributed by atoms with Crippen molar-refractivity contribution in [3.8, 4) is 22.3 Å². The van der Waals surface area contributed by atoms with Crippen LogP contribution in [0.2, 0.25) is 0 Å². The van der Waals surface area contributed by atoms with Gasteiger partial charge in [0.15, 0.2) is 0 Å². The zero-order chi connectivity index (χ0) is 52.9. The zero-order valence-corrected chi connectivity index (χ0v) is 46.5. The van der Waals surface area contributed by atoms with Crippen molar-refractivity contribution in [3.05, 3.63) is 274 Å². The Morgan fingerprint density at radius 3 is 0.705 bits per heavy atom. The molecule has 0 spiro atoms. The Labute approximate surface area is 466 Å². The van der Waals surface area contributed by atoms with Gasteiger partial charge in [-0.3, -0.25) is 0 Å². The Hall–Kier alpha value is -7.54. The highest BCUT2D eigenvalue weighted by Crippen LogP contribution is 2.53. The van der Waals surface area contributed by atoms with E-state index >= 15 is 0 Å². The molecule has 0 unspecified atom stereocenters. The maximum absolute atomic E-state index is 2.52. The first-order chi connectivity index (χ1) is 38.7. The molecule has 11 aromatic carbocycles. The second kappa shape index (κ2) is 25.7. The molecule has 0 saturated carbocycles. The largest absolute Gasteiger partial charge is 0.0654 e. The zero-order valence-electron chi connectivity index (χ0n) is 46.5. The third-order valence-electron chi connectivity index (χ3n) is 17.0. The van der Waals surface area contributed by atoms with Gasteiger partial charge in [0, 0.05) is 0 Å². The lowest BCUT2D eigenvalue weighted by Crippen LogP contribution is -2.07. The van der Waals surface area contributed by atoms with Gasteiger partial charge >= 0.3 is 0 Å². The molecule has 0 radical (unpaired) electrons. The highest BCUT2D eigenvalue weighted by atomic mass is 14.3. The van der Waals surface area contributed by atoms with Crippen molar-refractivity contribution < 1.29 is 0 Å². The van der Waals surface area contributed by atoms with E-state index in [0.29, 0.717) is 0 Å². The van der Waals surface area contributed by atoms with E-state index < -0.39 is 0 Å². The predicted molar refractivity (Wildman–Crippen MR) is 338 cm³/mol. The van der Waals surface area contributed by atoms with Crippen LogP contribution in [-0.2, 0) is 64.2 Å². The summed E-state index contributed by atoms with van der Waals surface area (Å²) in [4.78, 5) is 0. The summed E-state index contributed by atoms with van der Waals surface area (Å²) in [5, 5.41) is 11.3. The lowest BCUT2D eigenvalue weighted by molar-refractivity contribution is 0.667. The van der Waals surface area contributed by atoms with Crippen LogP contribution in [-0.4, -0.2) is 0 Å². The topological polar surface area (TPSA) is 0 Å². The summed E-state index contributed by atoms with van der Waals surface area (Å²) in [7, 11) is 0. The van der Waals surface area contributed by atoms with Crippen LogP contribution in [0.1, 0.15) is 121 Å². The van der Waals surface area contributed by atoms with E-state index in [1.807, 2.05) is 0 Å². The molecule has 0 nitrogen and oxygen atoms in total. The molecule has 0 heteroatoms. The van der Waals surface area contributed by atoms with Crippen molar-refractivity contribution in [2.75, 3.05) is 0 Å². The van der Waals surface area contributed by atoms with Gasteiger partial charge in [-0.1, -0.05) is 271 Å². The van der Waals surface area contributed by atoms with Crippen LogP contribution in [0.4, 0.5) is 0 Å². The molecule has 0 N–H and O–H groups in total. The fourth-order valence-corrected chi connectivity index (χ4v) is 13.0. The van der Waals surface area contributed by atoms with Crippen LogP contribution in [0, 0.1) is 0 Å². The lowest BCUT2D eigenvalue weighted by Gasteiger charge is -2.29. The molecule has 390 valence electrons. The number of rotatable bonds is 24. The average Bonchev–Trinajstić information content (AvgIpc) is 3.12. The monoisotopic (exact) mass is 1010 g/mol. The minimum Gasteiger partial charge on any atom is -0.0654 e. The summed E-state index contributed by atoms with van der Waals surface area (Å²) in [5.74, 6) is 0. The Morgan fingerprint density at radius 1 is 0.205 bits per heavy atom. The second-order valence-corrected chi connectivity index (χ2v) is 22.2. The molecule has 11 aromatic rings. The van der Waals surface area contributed by atoms with Crippen LogP contribution in [0.15, 0.2) is 218 Å². The average molecular weight is 1020 g/mol. The van der Waals surface area contributed by atoms with E-state index in [9.17, 15) is 0 Å². The van der Waals surface area contributed by atoms with Crippen LogP contribution >= 0.6 is 0 Å². The predicted octanol–water partition coefficient (Wildman–Crippen LogP) is 21.0. The van der Waals surface area contributed by atoms with Gasteiger partial charge in [-0.05, 0) is 198 Å². The van der Waals surface area contributed by atoms with E-state index in [-0.39, 0.29) is 0 Å². The van der Waals surface area contributed by atoms with Crippen molar-refractivity contribution in [3.63, 3.8) is 0 Å². The van der Waals surface area contributed by atoms with Crippen molar-refractivity contribution in [2.45, 2.75) is 129 Å². The van der Waals surface area contributed by atoms with Gasteiger partial charge in [0.05, 0.1) is 0 Å². The van der Waals surface area contributed by atoms with Gasteiger partial charge in [0.1, 0.15) is 0 Å². The molecular weight excluding hydrogens is 937 g/mol. The van der Waals surface area contributed by atoms with Gasteiger partial charge in [0.25, 0.3) is 0 Å². The first-order valence-corrected chi connectivity index (χ1v) is 29.9. The maximum atomic E-state index is 2.52. The molecule has 0 bridgehead atoms. The van der Waals surface area contributed by atoms with E-state index in [1.165, 1.54) is 172 Å². The van der Waals surface area contributed by atoms with E-state index in [4.69, 9.17) is 0 Å². The molecule has 78 heavy (non-hydrogen) atoms. The Kier molecular flexibility index (Phi) is 17.3. The minimum atomic E-state index is 0.929. The summed E-state index contributed by atoms with van der Waals surface area (Å²) in [6, 6.07) is 84.1. The molecule has 0 heterocycles. The Balaban J connectivity index is 1.33. The summed E-state index contributed by atoms with van der Waals surface area (Å²) >= 11 is 0. The summed E-state index contributed by atoms with van der Waals surface area (Å²) < 4.78 is 0. The van der Waals surface area contributed by atoms with Crippen LogP contribution in [0.25, 0.3) is 65.3 Å². The van der Waals surface area contributed by atoms with Gasteiger partial charge in [-0.2, -0.15) is 0 Å². The van der Waals surface area contributed by atoms with E-state index in [0.717, 1.165) is 64.2 Å². The summed E-state index contributed by atoms with van der Waals surface area (Å²) in [6.07, 6.45) is 19.9. The van der Waals surface area contributed by atoms with Crippen molar-refractivity contribution in [1.29, 1.82) is 0 Å². The first-order valence-electron chi connectivity index (χ1n) is 29.9. The number of unbranched alkanes of at least 4 members (excludes halogenated alkanes) is 6. The van der Waals surface area contributed by atoms with E-state index in [1.54, 1.807) is 0 Å². The van der Waals surface area contributed by atoms with E-state index in [2.05, 4.69) is 232 Å². The quantitative estimate of drug-likeness (QED) is 0.0418. The first kappa shape index (κ1) is 52.5. The van der Waals surface area contributed by atoms with Gasteiger partial charge in [0.2, 0.25) is 0 Å². The highest BCUT2D eigenvalue weighted by molar-refractivity contribution is 6.30. The summed E-state index contributed by atoms with van der Waals surface area (Å²) in [6.45, 7) is 4.63. The highest BCUT2D eigenvalue weighted by Gasteiger charge is 2.29. The van der Waals surface area contributed by atoms with Crippen LogP contribution in [0.5, 0.6) is 0 Å². The smallest absolute Gasteiger partial charge is 0.00202 e. The number of fused-ring (bicyclic) bond motifs is 4. The van der Waals surface area contributed by atoms with Crippen molar-refractivity contribution in [2.24, 2.45) is 0 Å². The number of benzene rings is 11. The number of hydrogen-bond acceptors (Lipinski definition) is 0. The SMILES string of the molecule is CCCCCCc1ccc(-c2c3c(CCc4ccccc4)c4ccccc4c(CCc4ccccc4)c3c(-c3ccc(CCCCCC)cc3)c3c(CCc4ccccc4)c4ccccc4c(CCc4ccccc4)c23)cc1. The van der Waals surface area contributed by atoms with Crippen molar-refractivity contribution >= 4 is 43.1 Å². The number of hydrogen-bond donors (Lipinski definition) is 0. The van der Waals surface area contributed by atoms with Crippen molar-refractivity contribution in [1.82, 2.24) is 0 Å². The maximum Gasteiger partial charge on any atom is -0.00202 e. The molecule has 0 fully saturated rings. The normalized spacial score (nSPS) is 11.6. The molecular formula is C78H78. The molecule has 0 amide bonds. The molecule has 0 aliphatic rings. The minimum absolute atomic E-state index is 0.929.